The highest BCUT2D eigenvalue weighted by Gasteiger charge is 2.26. The van der Waals surface area contributed by atoms with Crippen LogP contribution in [-0.4, -0.2) is 41.7 Å². The van der Waals surface area contributed by atoms with E-state index in [1.54, 1.807) is 0 Å². The molecule has 0 saturated heterocycles. The van der Waals surface area contributed by atoms with Gasteiger partial charge in [0.2, 0.25) is 0 Å². The van der Waals surface area contributed by atoms with E-state index in [9.17, 15) is 0 Å². The van der Waals surface area contributed by atoms with Crippen LogP contribution in [0.1, 0.15) is 55.4 Å². The van der Waals surface area contributed by atoms with E-state index < -0.39 is 0 Å². The molecule has 0 amide bonds. The van der Waals surface area contributed by atoms with E-state index in [2.05, 4.69) is 97.0 Å². The summed E-state index contributed by atoms with van der Waals surface area (Å²) in [4.78, 5) is 5.03. The van der Waals surface area contributed by atoms with Crippen LogP contribution in [-0.2, 0) is 0 Å². The van der Waals surface area contributed by atoms with Crippen molar-refractivity contribution in [3.05, 3.63) is 18.2 Å². The predicted molar refractivity (Wildman–Crippen MR) is 115 cm³/mol. The molecule has 0 N–H and O–H groups in total. The number of hydrogen-bond donors (Lipinski definition) is 0. The molecule has 1 aromatic heterocycles. The van der Waals surface area contributed by atoms with Crippen LogP contribution in [0.3, 0.4) is 0 Å². The molecule has 1 aromatic rings. The molecule has 24 heavy (non-hydrogen) atoms. The Bertz CT molecular complexity index is 446. The maximum Gasteiger partial charge on any atom is 0.133 e. The van der Waals surface area contributed by atoms with Gasteiger partial charge >= 0.3 is 0 Å². The number of aromatic nitrogens is 1. The third-order valence-electron chi connectivity index (χ3n) is 4.19. The molecule has 0 fully saturated rings. The summed E-state index contributed by atoms with van der Waals surface area (Å²) in [6.07, 6.45) is 0. The third-order valence-corrected chi connectivity index (χ3v) is 10.2. The van der Waals surface area contributed by atoms with Gasteiger partial charge in [-0.25, -0.2) is 4.98 Å². The van der Waals surface area contributed by atoms with Crippen LogP contribution in [0.25, 0.3) is 0 Å². The molecular formula is C19H37N3P2. The maximum absolute atomic E-state index is 5.03. The largest absolute Gasteiger partial charge is 0.338 e. The van der Waals surface area contributed by atoms with Crippen molar-refractivity contribution in [2.24, 2.45) is 0 Å². The average molecular weight is 369 g/mol. The molecule has 0 aliphatic heterocycles. The molecule has 0 aliphatic carbocycles. The standard InChI is InChI=1S/C19H37N3P2/c1-14(2)23(15(3)4)21(9)18-12-11-13-19(20-18)22(10)24(16(5)6)17(7)8/h11-17H,1-10H3. The van der Waals surface area contributed by atoms with Gasteiger partial charge in [-0.2, -0.15) is 0 Å². The second-order valence-corrected chi connectivity index (χ2v) is 14.4. The van der Waals surface area contributed by atoms with E-state index >= 15 is 0 Å². The van der Waals surface area contributed by atoms with E-state index in [1.165, 1.54) is 0 Å². The van der Waals surface area contributed by atoms with Crippen molar-refractivity contribution in [3.63, 3.8) is 0 Å². The van der Waals surface area contributed by atoms with Gasteiger partial charge in [0, 0.05) is 14.1 Å². The molecule has 0 bridgehead atoms. The fraction of sp³-hybridized carbons (Fsp3) is 0.737. The summed E-state index contributed by atoms with van der Waals surface area (Å²) < 4.78 is 4.85. The van der Waals surface area contributed by atoms with Crippen molar-refractivity contribution in [2.75, 3.05) is 23.4 Å². The molecule has 0 unspecified atom stereocenters. The van der Waals surface area contributed by atoms with Gasteiger partial charge in [0.15, 0.2) is 0 Å². The first-order valence-corrected chi connectivity index (χ1v) is 12.0. The molecule has 3 nitrogen and oxygen atoms in total. The summed E-state index contributed by atoms with van der Waals surface area (Å²) in [5, 5.41) is 0. The van der Waals surface area contributed by atoms with Crippen LogP contribution in [0, 0.1) is 0 Å². The smallest absolute Gasteiger partial charge is 0.133 e. The zero-order chi connectivity index (χ0) is 18.6. The number of anilines is 2. The monoisotopic (exact) mass is 369 g/mol. The molecule has 5 heteroatoms. The summed E-state index contributed by atoms with van der Waals surface area (Å²) >= 11 is 0. The van der Waals surface area contributed by atoms with Crippen LogP contribution >= 0.6 is 16.1 Å². The molecule has 0 radical (unpaired) electrons. The average Bonchev–Trinajstić information content (AvgIpc) is 2.45. The number of rotatable bonds is 8. The van der Waals surface area contributed by atoms with Crippen molar-refractivity contribution in [3.8, 4) is 0 Å². The van der Waals surface area contributed by atoms with Crippen molar-refractivity contribution in [1.82, 2.24) is 4.98 Å². The zero-order valence-electron chi connectivity index (χ0n) is 17.3. The SMILES string of the molecule is CC(C)P(C(C)C)N(C)c1cccc(N(C)P(C(C)C)C(C)C)n1. The minimum atomic E-state index is -0.230. The lowest BCUT2D eigenvalue weighted by Crippen LogP contribution is -2.24. The fourth-order valence-electron chi connectivity index (χ4n) is 3.59. The topological polar surface area (TPSA) is 19.4 Å². The summed E-state index contributed by atoms with van der Waals surface area (Å²) in [7, 11) is 3.97. The second-order valence-electron chi connectivity index (χ2n) is 7.54. The summed E-state index contributed by atoms with van der Waals surface area (Å²) in [5.74, 6) is 2.21. The van der Waals surface area contributed by atoms with Gasteiger partial charge in [-0.05, 0) is 50.9 Å². The van der Waals surface area contributed by atoms with Gasteiger partial charge in [-0.15, -0.1) is 0 Å². The lowest BCUT2D eigenvalue weighted by molar-refractivity contribution is 0.975. The molecule has 0 aromatic carbocycles. The molecule has 0 saturated carbocycles. The van der Waals surface area contributed by atoms with E-state index in [0.29, 0.717) is 22.6 Å². The Kier molecular flexibility index (Phi) is 8.43. The van der Waals surface area contributed by atoms with Gasteiger partial charge in [0.1, 0.15) is 11.6 Å². The van der Waals surface area contributed by atoms with Crippen LogP contribution in [0.4, 0.5) is 11.6 Å². The first kappa shape index (κ1) is 21.7. The first-order chi connectivity index (χ1) is 11.1. The Hall–Kier alpha value is -0.390. The first-order valence-electron chi connectivity index (χ1n) is 9.08. The van der Waals surface area contributed by atoms with Crippen molar-refractivity contribution in [1.29, 1.82) is 0 Å². The Morgan fingerprint density at radius 3 is 1.21 bits per heavy atom. The third kappa shape index (κ3) is 5.30. The van der Waals surface area contributed by atoms with Gasteiger partial charge in [-0.1, -0.05) is 61.5 Å². The van der Waals surface area contributed by atoms with Crippen molar-refractivity contribution in [2.45, 2.75) is 78.0 Å². The van der Waals surface area contributed by atoms with E-state index in [-0.39, 0.29) is 16.1 Å². The number of hydrogen-bond acceptors (Lipinski definition) is 3. The summed E-state index contributed by atoms with van der Waals surface area (Å²) in [5.41, 5.74) is 2.65. The lowest BCUT2D eigenvalue weighted by atomic mass is 10.4. The van der Waals surface area contributed by atoms with Crippen molar-refractivity contribution < 1.29 is 0 Å². The minimum Gasteiger partial charge on any atom is -0.338 e. The predicted octanol–water partition coefficient (Wildman–Crippen LogP) is 6.38. The van der Waals surface area contributed by atoms with Crippen LogP contribution < -0.4 is 9.34 Å². The molecular weight excluding hydrogens is 332 g/mol. The van der Waals surface area contributed by atoms with Crippen LogP contribution in [0.2, 0.25) is 0 Å². The molecule has 0 atom stereocenters. The Morgan fingerprint density at radius 2 is 0.958 bits per heavy atom. The highest BCUT2D eigenvalue weighted by molar-refractivity contribution is 7.61. The maximum atomic E-state index is 5.03. The normalized spacial score (nSPS) is 12.3. The van der Waals surface area contributed by atoms with Crippen LogP contribution in [0.5, 0.6) is 0 Å². The fourth-order valence-corrected chi connectivity index (χ4v) is 9.44. The van der Waals surface area contributed by atoms with Gasteiger partial charge < -0.3 is 9.34 Å². The lowest BCUT2D eigenvalue weighted by Gasteiger charge is -2.37. The Balaban J connectivity index is 3.13. The van der Waals surface area contributed by atoms with Gasteiger partial charge in [-0.3, -0.25) is 0 Å². The van der Waals surface area contributed by atoms with Gasteiger partial charge in [0.05, 0.1) is 0 Å². The summed E-state index contributed by atoms with van der Waals surface area (Å²) in [6, 6.07) is 6.47. The minimum absolute atomic E-state index is 0.230. The molecule has 0 spiro atoms. The van der Waals surface area contributed by atoms with E-state index in [4.69, 9.17) is 4.98 Å². The number of nitrogens with zero attached hydrogens (tertiary/aromatic N) is 3. The Morgan fingerprint density at radius 1 is 0.667 bits per heavy atom. The molecule has 1 heterocycles. The molecule has 1 rings (SSSR count). The quantitative estimate of drug-likeness (QED) is 0.496. The van der Waals surface area contributed by atoms with Gasteiger partial charge in [0.25, 0.3) is 0 Å². The zero-order valence-corrected chi connectivity index (χ0v) is 19.1. The van der Waals surface area contributed by atoms with E-state index in [1.807, 2.05) is 0 Å². The van der Waals surface area contributed by atoms with Crippen LogP contribution in [0.15, 0.2) is 18.2 Å². The Labute approximate surface area is 152 Å². The summed E-state index contributed by atoms with van der Waals surface area (Å²) in [6.45, 7) is 18.6. The number of pyridine rings is 1. The molecule has 138 valence electrons. The van der Waals surface area contributed by atoms with E-state index in [0.717, 1.165) is 11.6 Å². The van der Waals surface area contributed by atoms with Crippen molar-refractivity contribution >= 4 is 27.8 Å². The highest BCUT2D eigenvalue weighted by Crippen LogP contribution is 2.52. The second kappa shape index (κ2) is 9.35. The highest BCUT2D eigenvalue weighted by atomic mass is 31.1. The molecule has 0 aliphatic rings.